The largest absolute Gasteiger partial charge is 0.361 e. The number of imidazole rings is 1. The lowest BCUT2D eigenvalue weighted by Gasteiger charge is -2.24. The Morgan fingerprint density at radius 2 is 2.04 bits per heavy atom. The molecule has 136 valence electrons. The topological polar surface area (TPSA) is 88.5 Å². The van der Waals surface area contributed by atoms with Gasteiger partial charge in [0.05, 0.1) is 22.7 Å². The number of H-pyrrole nitrogens is 2. The van der Waals surface area contributed by atoms with Gasteiger partial charge in [0.25, 0.3) is 5.85 Å². The number of alkyl halides is 1. The number of nitrogens with one attached hydrogen (secondary N) is 2. The van der Waals surface area contributed by atoms with Gasteiger partial charge < -0.3 is 15.1 Å². The van der Waals surface area contributed by atoms with Crippen LogP contribution < -0.4 is 0 Å². The van der Waals surface area contributed by atoms with Gasteiger partial charge in [-0.1, -0.05) is 19.9 Å². The molecular formula is C21H19FN4O. The summed E-state index contributed by atoms with van der Waals surface area (Å²) in [6.07, 6.45) is 1.74. The summed E-state index contributed by atoms with van der Waals surface area (Å²) < 4.78 is 15.9. The highest BCUT2D eigenvalue weighted by Crippen LogP contribution is 2.41. The van der Waals surface area contributed by atoms with E-state index in [4.69, 9.17) is 5.26 Å². The summed E-state index contributed by atoms with van der Waals surface area (Å²) in [5, 5.41) is 20.7. The molecule has 0 saturated heterocycles. The monoisotopic (exact) mass is 362 g/mol. The van der Waals surface area contributed by atoms with Gasteiger partial charge in [-0.25, -0.2) is 4.98 Å². The third-order valence-electron chi connectivity index (χ3n) is 4.95. The van der Waals surface area contributed by atoms with Crippen molar-refractivity contribution in [2.24, 2.45) is 0 Å². The molecule has 2 aromatic heterocycles. The average molecular weight is 362 g/mol. The number of hydrogen-bond acceptors (Lipinski definition) is 3. The maximum Gasteiger partial charge on any atom is 0.292 e. The summed E-state index contributed by atoms with van der Waals surface area (Å²) in [6, 6.07) is 10.6. The molecule has 2 aromatic carbocycles. The first-order valence-electron chi connectivity index (χ1n) is 8.75. The molecule has 0 aliphatic heterocycles. The number of halogens is 1. The van der Waals surface area contributed by atoms with Gasteiger partial charge in [-0.05, 0) is 48.2 Å². The molecule has 2 heterocycles. The number of aromatic amines is 2. The summed E-state index contributed by atoms with van der Waals surface area (Å²) in [5.41, 5.74) is 4.11. The molecule has 3 N–H and O–H groups in total. The van der Waals surface area contributed by atoms with E-state index in [9.17, 15) is 5.11 Å². The van der Waals surface area contributed by atoms with Crippen molar-refractivity contribution >= 4 is 21.9 Å². The zero-order valence-corrected chi connectivity index (χ0v) is 15.3. The molecule has 0 bridgehead atoms. The Morgan fingerprint density at radius 1 is 1.26 bits per heavy atom. The summed E-state index contributed by atoms with van der Waals surface area (Å²) in [4.78, 5) is 10.2. The molecule has 5 nitrogen and oxygen atoms in total. The lowest BCUT2D eigenvalue weighted by atomic mass is 9.88. The van der Waals surface area contributed by atoms with Gasteiger partial charge in [-0.3, -0.25) is 0 Å². The maximum atomic E-state index is 15.9. The Labute approximate surface area is 155 Å². The van der Waals surface area contributed by atoms with E-state index in [0.717, 1.165) is 16.6 Å². The zero-order valence-electron chi connectivity index (χ0n) is 15.3. The maximum absolute atomic E-state index is 15.9. The highest BCUT2D eigenvalue weighted by molar-refractivity contribution is 5.88. The van der Waals surface area contributed by atoms with Crippen molar-refractivity contribution in [2.75, 3.05) is 0 Å². The van der Waals surface area contributed by atoms with Crippen LogP contribution in [0.2, 0.25) is 0 Å². The van der Waals surface area contributed by atoms with Crippen LogP contribution in [0.15, 0.2) is 36.5 Å². The van der Waals surface area contributed by atoms with Crippen molar-refractivity contribution in [3.8, 4) is 6.07 Å². The number of fused-ring (bicyclic) bond motifs is 2. The summed E-state index contributed by atoms with van der Waals surface area (Å²) in [7, 11) is 0. The molecule has 1 atom stereocenters. The van der Waals surface area contributed by atoms with E-state index in [1.165, 1.54) is 0 Å². The van der Waals surface area contributed by atoms with Gasteiger partial charge in [0.2, 0.25) is 0 Å². The van der Waals surface area contributed by atoms with Crippen LogP contribution in [0.25, 0.3) is 21.9 Å². The quantitative estimate of drug-likeness (QED) is 0.501. The highest BCUT2D eigenvalue weighted by Gasteiger charge is 2.39. The van der Waals surface area contributed by atoms with Crippen LogP contribution >= 0.6 is 0 Å². The standard InChI is InChI=1S/C21H19FN4O/c1-11(2)15-8-12(3)19-14(6-7-24-19)18(15)21(22,27)20-25-16-5-4-13(10-23)9-17(16)26-20/h4-9,11,24,27H,1-3H3,(H,25,26). The number of benzene rings is 2. The first kappa shape index (κ1) is 17.3. The smallest absolute Gasteiger partial charge is 0.292 e. The van der Waals surface area contributed by atoms with Crippen molar-refractivity contribution in [3.05, 3.63) is 64.6 Å². The van der Waals surface area contributed by atoms with Gasteiger partial charge in [0.15, 0.2) is 5.82 Å². The lowest BCUT2D eigenvalue weighted by molar-refractivity contribution is -0.0610. The lowest BCUT2D eigenvalue weighted by Crippen LogP contribution is -2.25. The van der Waals surface area contributed by atoms with E-state index in [1.54, 1.807) is 30.5 Å². The number of hydrogen-bond donors (Lipinski definition) is 3. The third kappa shape index (κ3) is 2.59. The Balaban J connectivity index is 1.99. The van der Waals surface area contributed by atoms with Crippen LogP contribution in [0, 0.1) is 18.3 Å². The zero-order chi connectivity index (χ0) is 19.3. The number of nitriles is 1. The second-order valence-corrected chi connectivity index (χ2v) is 7.13. The number of aliphatic hydroxyl groups is 1. The summed E-state index contributed by atoms with van der Waals surface area (Å²) in [5.74, 6) is -2.99. The Kier molecular flexibility index (Phi) is 3.79. The molecule has 27 heavy (non-hydrogen) atoms. The molecule has 0 amide bonds. The molecule has 4 aromatic rings. The number of aryl methyl sites for hydroxylation is 1. The first-order chi connectivity index (χ1) is 12.8. The minimum Gasteiger partial charge on any atom is -0.361 e. The normalized spacial score (nSPS) is 14.0. The number of aromatic nitrogens is 3. The molecule has 0 fully saturated rings. The third-order valence-corrected chi connectivity index (χ3v) is 4.95. The minimum atomic E-state index is -2.81. The molecule has 0 aliphatic carbocycles. The van der Waals surface area contributed by atoms with E-state index in [0.29, 0.717) is 22.0 Å². The molecule has 0 aliphatic rings. The van der Waals surface area contributed by atoms with Gasteiger partial charge in [-0.15, -0.1) is 0 Å². The Bertz CT molecular complexity index is 1210. The molecule has 0 spiro atoms. The van der Waals surface area contributed by atoms with Gasteiger partial charge in [-0.2, -0.15) is 9.65 Å². The van der Waals surface area contributed by atoms with Crippen molar-refractivity contribution in [1.29, 1.82) is 5.26 Å². The van der Waals surface area contributed by atoms with Crippen molar-refractivity contribution < 1.29 is 9.50 Å². The molecule has 0 saturated carbocycles. The van der Waals surface area contributed by atoms with Crippen molar-refractivity contribution in [2.45, 2.75) is 32.5 Å². The SMILES string of the molecule is Cc1cc(C(C)C)c(C(O)(F)c2nc3cc(C#N)ccc3[nH]2)c2cc[nH]c12. The van der Waals surface area contributed by atoms with E-state index >= 15 is 4.39 Å². The fraction of sp³-hybridized carbons (Fsp3) is 0.238. The van der Waals surface area contributed by atoms with Crippen molar-refractivity contribution in [3.63, 3.8) is 0 Å². The second kappa shape index (κ2) is 5.93. The molecule has 4 rings (SSSR count). The van der Waals surface area contributed by atoms with Crippen LogP contribution in [-0.2, 0) is 5.85 Å². The fourth-order valence-electron chi connectivity index (χ4n) is 3.61. The second-order valence-electron chi connectivity index (χ2n) is 7.13. The number of rotatable bonds is 3. The summed E-state index contributed by atoms with van der Waals surface area (Å²) >= 11 is 0. The van der Waals surface area contributed by atoms with Crippen molar-refractivity contribution in [1.82, 2.24) is 15.0 Å². The van der Waals surface area contributed by atoms with Crippen LogP contribution in [0.3, 0.4) is 0 Å². The Morgan fingerprint density at radius 3 is 2.74 bits per heavy atom. The van der Waals surface area contributed by atoms with Crippen LogP contribution in [0.4, 0.5) is 4.39 Å². The average Bonchev–Trinajstić information content (AvgIpc) is 3.27. The Hall–Kier alpha value is -3.17. The summed E-state index contributed by atoms with van der Waals surface area (Å²) in [6.45, 7) is 5.88. The molecular weight excluding hydrogens is 343 g/mol. The highest BCUT2D eigenvalue weighted by atomic mass is 19.2. The van der Waals surface area contributed by atoms with Crippen LogP contribution in [0.5, 0.6) is 0 Å². The van der Waals surface area contributed by atoms with Crippen LogP contribution in [-0.4, -0.2) is 20.1 Å². The van der Waals surface area contributed by atoms with E-state index in [1.807, 2.05) is 32.9 Å². The van der Waals surface area contributed by atoms with E-state index < -0.39 is 5.85 Å². The fourth-order valence-corrected chi connectivity index (χ4v) is 3.61. The van der Waals surface area contributed by atoms with E-state index in [-0.39, 0.29) is 17.3 Å². The molecule has 1 unspecified atom stereocenters. The van der Waals surface area contributed by atoms with Gasteiger partial charge in [0.1, 0.15) is 0 Å². The predicted molar refractivity (Wildman–Crippen MR) is 102 cm³/mol. The molecule has 6 heteroatoms. The minimum absolute atomic E-state index is 0.00912. The van der Waals surface area contributed by atoms with Crippen LogP contribution in [0.1, 0.15) is 47.8 Å². The molecule has 0 radical (unpaired) electrons. The number of nitrogens with zero attached hydrogens (tertiary/aromatic N) is 2. The first-order valence-corrected chi connectivity index (χ1v) is 8.75. The predicted octanol–water partition coefficient (Wildman–Crippen LogP) is 4.51. The van der Waals surface area contributed by atoms with E-state index in [2.05, 4.69) is 15.0 Å². The van der Waals surface area contributed by atoms with Gasteiger partial charge >= 0.3 is 0 Å². The van der Waals surface area contributed by atoms with Gasteiger partial charge in [0, 0.05) is 22.7 Å².